The molecule has 1 aliphatic carbocycles. The topological polar surface area (TPSA) is 15.3 Å². The molecule has 1 atom stereocenters. The van der Waals surface area contributed by atoms with E-state index in [1.54, 1.807) is 0 Å². The number of hydrogen-bond donors (Lipinski definition) is 1. The number of nitrogens with zero attached hydrogens (tertiary/aromatic N) is 1. The lowest BCUT2D eigenvalue weighted by Crippen LogP contribution is -2.46. The Labute approximate surface area is 107 Å². The average Bonchev–Trinajstić information content (AvgIpc) is 2.28. The molecule has 17 heavy (non-hydrogen) atoms. The minimum absolute atomic E-state index is 0.558. The molecule has 0 aromatic carbocycles. The molecule has 0 aromatic heterocycles. The Hall–Kier alpha value is -0.520. The fraction of sp³-hybridized carbons (Fsp3) is 0.867. The van der Waals surface area contributed by atoms with E-state index in [0.29, 0.717) is 18.0 Å². The summed E-state index contributed by atoms with van der Waals surface area (Å²) < 4.78 is 0. The lowest BCUT2D eigenvalue weighted by molar-refractivity contribution is 0.100. The van der Waals surface area contributed by atoms with E-state index in [1.165, 1.54) is 25.7 Å². The SMILES string of the molecule is C#CCNCC(C)N(C)C1CCC(C)(C)CC1. The molecule has 0 spiro atoms. The van der Waals surface area contributed by atoms with Gasteiger partial charge in [0.25, 0.3) is 0 Å². The van der Waals surface area contributed by atoms with Gasteiger partial charge in [-0.25, -0.2) is 0 Å². The lowest BCUT2D eigenvalue weighted by atomic mass is 9.75. The van der Waals surface area contributed by atoms with Crippen LogP contribution < -0.4 is 5.32 Å². The van der Waals surface area contributed by atoms with Crippen LogP contribution in [0.2, 0.25) is 0 Å². The molecule has 1 N–H and O–H groups in total. The van der Waals surface area contributed by atoms with E-state index < -0.39 is 0 Å². The molecule has 1 aliphatic rings. The largest absolute Gasteiger partial charge is 0.305 e. The molecule has 1 unspecified atom stereocenters. The minimum atomic E-state index is 0.558. The van der Waals surface area contributed by atoms with E-state index in [-0.39, 0.29) is 0 Å². The maximum Gasteiger partial charge on any atom is 0.0574 e. The summed E-state index contributed by atoms with van der Waals surface area (Å²) in [6.07, 6.45) is 10.6. The van der Waals surface area contributed by atoms with Crippen LogP contribution in [0.15, 0.2) is 0 Å². The molecule has 98 valence electrons. The van der Waals surface area contributed by atoms with Gasteiger partial charge in [0.15, 0.2) is 0 Å². The Morgan fingerprint density at radius 1 is 1.41 bits per heavy atom. The second-order valence-electron chi connectivity index (χ2n) is 6.24. The van der Waals surface area contributed by atoms with E-state index in [9.17, 15) is 0 Å². The molecule has 0 aromatic rings. The molecule has 2 nitrogen and oxygen atoms in total. The first-order valence-corrected chi connectivity index (χ1v) is 6.82. The summed E-state index contributed by atoms with van der Waals surface area (Å²) in [5.41, 5.74) is 0.558. The van der Waals surface area contributed by atoms with Gasteiger partial charge in [-0.1, -0.05) is 19.8 Å². The number of hydrogen-bond acceptors (Lipinski definition) is 2. The fourth-order valence-corrected chi connectivity index (χ4v) is 2.65. The monoisotopic (exact) mass is 236 g/mol. The van der Waals surface area contributed by atoms with Gasteiger partial charge in [0.2, 0.25) is 0 Å². The van der Waals surface area contributed by atoms with E-state index in [1.807, 2.05) is 0 Å². The van der Waals surface area contributed by atoms with Crippen LogP contribution >= 0.6 is 0 Å². The van der Waals surface area contributed by atoms with Crippen molar-refractivity contribution in [2.75, 3.05) is 20.1 Å². The lowest BCUT2D eigenvalue weighted by Gasteiger charge is -2.41. The maximum atomic E-state index is 5.24. The van der Waals surface area contributed by atoms with E-state index in [2.05, 4.69) is 44.0 Å². The van der Waals surface area contributed by atoms with Crippen LogP contribution in [0.25, 0.3) is 0 Å². The minimum Gasteiger partial charge on any atom is -0.305 e. The number of terminal acetylenes is 1. The molecule has 0 aliphatic heterocycles. The summed E-state index contributed by atoms with van der Waals surface area (Å²) in [4.78, 5) is 2.53. The summed E-state index contributed by atoms with van der Waals surface area (Å²) in [6.45, 7) is 8.72. The summed E-state index contributed by atoms with van der Waals surface area (Å²) in [7, 11) is 2.26. The third-order valence-corrected chi connectivity index (χ3v) is 4.25. The molecule has 1 saturated carbocycles. The van der Waals surface area contributed by atoms with Gasteiger partial charge in [-0.05, 0) is 45.1 Å². The third kappa shape index (κ3) is 4.69. The predicted molar refractivity (Wildman–Crippen MR) is 75.0 cm³/mol. The number of rotatable bonds is 5. The molecule has 0 bridgehead atoms. The van der Waals surface area contributed by atoms with Crippen LogP contribution in [0.5, 0.6) is 0 Å². The fourth-order valence-electron chi connectivity index (χ4n) is 2.65. The van der Waals surface area contributed by atoms with Crippen LogP contribution in [0.4, 0.5) is 0 Å². The zero-order chi connectivity index (χ0) is 12.9. The molecular formula is C15H28N2. The highest BCUT2D eigenvalue weighted by molar-refractivity contribution is 4.88. The molecule has 2 heteroatoms. The normalized spacial score (nSPS) is 22.4. The molecule has 0 radical (unpaired) electrons. The first kappa shape index (κ1) is 14.5. The Morgan fingerprint density at radius 2 is 2.00 bits per heavy atom. The Bertz CT molecular complexity index is 255. The van der Waals surface area contributed by atoms with E-state index in [0.717, 1.165) is 12.6 Å². The first-order valence-electron chi connectivity index (χ1n) is 6.82. The third-order valence-electron chi connectivity index (χ3n) is 4.25. The second-order valence-corrected chi connectivity index (χ2v) is 6.24. The van der Waals surface area contributed by atoms with Crippen molar-refractivity contribution in [3.8, 4) is 12.3 Å². The van der Waals surface area contributed by atoms with Gasteiger partial charge in [-0.3, -0.25) is 4.90 Å². The van der Waals surface area contributed by atoms with Crippen molar-refractivity contribution >= 4 is 0 Å². The van der Waals surface area contributed by atoms with Gasteiger partial charge in [-0.15, -0.1) is 6.42 Å². The van der Waals surface area contributed by atoms with Crippen molar-refractivity contribution in [1.82, 2.24) is 10.2 Å². The first-order chi connectivity index (χ1) is 7.96. The Morgan fingerprint density at radius 3 is 2.53 bits per heavy atom. The average molecular weight is 236 g/mol. The zero-order valence-corrected chi connectivity index (χ0v) is 11.9. The van der Waals surface area contributed by atoms with E-state index in [4.69, 9.17) is 6.42 Å². The van der Waals surface area contributed by atoms with Crippen molar-refractivity contribution in [2.24, 2.45) is 5.41 Å². The molecule has 1 rings (SSSR count). The van der Waals surface area contributed by atoms with E-state index >= 15 is 0 Å². The van der Waals surface area contributed by atoms with Crippen LogP contribution in [0, 0.1) is 17.8 Å². The van der Waals surface area contributed by atoms with Crippen molar-refractivity contribution in [3.05, 3.63) is 0 Å². The van der Waals surface area contributed by atoms with Crippen molar-refractivity contribution in [2.45, 2.75) is 58.5 Å². The van der Waals surface area contributed by atoms with Crippen molar-refractivity contribution < 1.29 is 0 Å². The van der Waals surface area contributed by atoms with Crippen LogP contribution in [-0.4, -0.2) is 37.1 Å². The van der Waals surface area contributed by atoms with Gasteiger partial charge in [0.05, 0.1) is 6.54 Å². The predicted octanol–water partition coefficient (Wildman–Crippen LogP) is 2.50. The van der Waals surface area contributed by atoms with Gasteiger partial charge in [-0.2, -0.15) is 0 Å². The van der Waals surface area contributed by atoms with Gasteiger partial charge >= 0.3 is 0 Å². The quantitative estimate of drug-likeness (QED) is 0.583. The summed E-state index contributed by atoms with van der Waals surface area (Å²) in [5, 5.41) is 3.29. The number of nitrogens with one attached hydrogen (secondary N) is 1. The Balaban J connectivity index is 2.32. The molecule has 0 saturated heterocycles. The molecule has 0 amide bonds. The van der Waals surface area contributed by atoms with Crippen LogP contribution in [0.3, 0.4) is 0 Å². The zero-order valence-electron chi connectivity index (χ0n) is 11.9. The second kappa shape index (κ2) is 6.42. The van der Waals surface area contributed by atoms with Crippen LogP contribution in [0.1, 0.15) is 46.5 Å². The summed E-state index contributed by atoms with van der Waals surface area (Å²) in [5.74, 6) is 2.62. The highest BCUT2D eigenvalue weighted by Crippen LogP contribution is 2.36. The van der Waals surface area contributed by atoms with Crippen LogP contribution in [-0.2, 0) is 0 Å². The van der Waals surface area contributed by atoms with Crippen molar-refractivity contribution in [1.29, 1.82) is 0 Å². The maximum absolute atomic E-state index is 5.24. The van der Waals surface area contributed by atoms with Gasteiger partial charge in [0.1, 0.15) is 0 Å². The molecular weight excluding hydrogens is 208 g/mol. The smallest absolute Gasteiger partial charge is 0.0574 e. The molecule has 1 fully saturated rings. The van der Waals surface area contributed by atoms with Gasteiger partial charge < -0.3 is 5.32 Å². The number of likely N-dealkylation sites (N-methyl/N-ethyl adjacent to an activating group) is 1. The summed E-state index contributed by atoms with van der Waals surface area (Å²) >= 11 is 0. The van der Waals surface area contributed by atoms with Gasteiger partial charge in [0, 0.05) is 18.6 Å². The highest BCUT2D eigenvalue weighted by Gasteiger charge is 2.29. The summed E-state index contributed by atoms with van der Waals surface area (Å²) in [6, 6.07) is 1.32. The standard InChI is InChI=1S/C15H28N2/c1-6-11-16-12-13(2)17(5)14-7-9-15(3,4)10-8-14/h1,13-14,16H,7-12H2,2-5H3. The van der Waals surface area contributed by atoms with Crippen molar-refractivity contribution in [3.63, 3.8) is 0 Å². The Kier molecular flexibility index (Phi) is 5.49. The molecule has 0 heterocycles. The highest BCUT2D eigenvalue weighted by atomic mass is 15.2.